The number of H-pyrrole nitrogens is 1. The maximum Gasteiger partial charge on any atom is 0.119 e. The summed E-state index contributed by atoms with van der Waals surface area (Å²) >= 11 is 3.54. The van der Waals surface area contributed by atoms with Crippen LogP contribution in [0.4, 0.5) is 0 Å². The third-order valence-electron chi connectivity index (χ3n) is 7.55. The zero-order valence-corrected chi connectivity index (χ0v) is 22.2. The largest absolute Gasteiger partial charge is 0.508 e. The Balaban J connectivity index is 1.15. The van der Waals surface area contributed by atoms with Crippen molar-refractivity contribution < 1.29 is 9.84 Å². The van der Waals surface area contributed by atoms with Gasteiger partial charge in [-0.15, -0.1) is 0 Å². The summed E-state index contributed by atoms with van der Waals surface area (Å²) in [6.45, 7) is 0.677. The number of phenols is 1. The average Bonchev–Trinajstić information content (AvgIpc) is 3.33. The molecule has 0 saturated carbocycles. The predicted octanol–water partition coefficient (Wildman–Crippen LogP) is 8.51. The number of hydrogen-bond acceptors (Lipinski definition) is 2. The Morgan fingerprint density at radius 2 is 1.70 bits per heavy atom. The van der Waals surface area contributed by atoms with Gasteiger partial charge in [0.2, 0.25) is 0 Å². The summed E-state index contributed by atoms with van der Waals surface area (Å²) in [7, 11) is 0. The number of aromatic amines is 1. The lowest BCUT2D eigenvalue weighted by atomic mass is 9.69. The Hall–Kier alpha value is -3.50. The highest BCUT2D eigenvalue weighted by Gasteiger charge is 2.32. The third kappa shape index (κ3) is 5.17. The van der Waals surface area contributed by atoms with E-state index in [0.29, 0.717) is 18.3 Å². The molecule has 0 spiro atoms. The summed E-state index contributed by atoms with van der Waals surface area (Å²) in [5.41, 5.74) is 7.63. The van der Waals surface area contributed by atoms with Gasteiger partial charge in [-0.25, -0.2) is 0 Å². The van der Waals surface area contributed by atoms with Crippen molar-refractivity contribution in [1.29, 1.82) is 0 Å². The molecule has 4 aromatic carbocycles. The van der Waals surface area contributed by atoms with Crippen LogP contribution < -0.4 is 4.74 Å². The Bertz CT molecular complexity index is 1510. The van der Waals surface area contributed by atoms with Crippen LogP contribution in [0.15, 0.2) is 102 Å². The van der Waals surface area contributed by atoms with Gasteiger partial charge in [-0.1, -0.05) is 64.5 Å². The minimum absolute atomic E-state index is 0.253. The number of rotatable bonds is 7. The van der Waals surface area contributed by atoms with Crippen LogP contribution in [0.1, 0.15) is 52.6 Å². The van der Waals surface area contributed by atoms with Crippen LogP contribution in [-0.2, 0) is 12.8 Å². The van der Waals surface area contributed by atoms with Crippen molar-refractivity contribution in [1.82, 2.24) is 4.98 Å². The van der Waals surface area contributed by atoms with Crippen LogP contribution >= 0.6 is 15.9 Å². The molecule has 0 saturated heterocycles. The molecule has 4 heteroatoms. The molecule has 6 rings (SSSR count). The zero-order chi connectivity index (χ0) is 25.2. The van der Waals surface area contributed by atoms with Crippen molar-refractivity contribution in [2.24, 2.45) is 0 Å². The highest BCUT2D eigenvalue weighted by atomic mass is 79.9. The number of benzene rings is 4. The van der Waals surface area contributed by atoms with Crippen LogP contribution in [0, 0.1) is 0 Å². The number of nitrogens with one attached hydrogen (secondary N) is 1. The van der Waals surface area contributed by atoms with Crippen molar-refractivity contribution in [3.05, 3.63) is 129 Å². The molecule has 1 aliphatic rings. The fraction of sp³-hybridized carbons (Fsp3) is 0.212. The van der Waals surface area contributed by atoms with Crippen LogP contribution in [0.3, 0.4) is 0 Å². The summed E-state index contributed by atoms with van der Waals surface area (Å²) in [6.07, 6.45) is 3.95. The molecule has 0 radical (unpaired) electrons. The van der Waals surface area contributed by atoms with Crippen molar-refractivity contribution in [3.63, 3.8) is 0 Å². The molecule has 0 fully saturated rings. The Morgan fingerprint density at radius 3 is 2.54 bits per heavy atom. The first-order chi connectivity index (χ1) is 18.1. The molecule has 1 heterocycles. The second-order valence-corrected chi connectivity index (χ2v) is 10.9. The topological polar surface area (TPSA) is 45.2 Å². The second kappa shape index (κ2) is 10.5. The fourth-order valence-electron chi connectivity index (χ4n) is 5.80. The normalized spacial score (nSPS) is 17.0. The molecule has 2 atom stereocenters. The molecule has 1 aromatic heterocycles. The molecule has 186 valence electrons. The van der Waals surface area contributed by atoms with Crippen LogP contribution in [-0.4, -0.2) is 16.7 Å². The molecule has 3 nitrogen and oxygen atoms in total. The third-order valence-corrected chi connectivity index (χ3v) is 8.05. The smallest absolute Gasteiger partial charge is 0.119 e. The van der Waals surface area contributed by atoms with Gasteiger partial charge in [0.15, 0.2) is 0 Å². The van der Waals surface area contributed by atoms with Gasteiger partial charge in [-0.05, 0) is 102 Å². The standard InChI is InChI=1S/C33H30BrNO2/c34-26-11-17-32-25(19-26)20-27(35-32)7-4-18-37-29-13-8-23(9-14-29)33-30(22-5-2-1-3-6-22)15-10-24-21-28(36)12-16-31(24)33/h1-3,5-6,8-9,11-14,16-17,19-21,30,33,35-36H,4,7,10,15,18H2/t30-,33+/m1/s1. The molecule has 5 aromatic rings. The number of ether oxygens (including phenoxy) is 1. The van der Waals surface area contributed by atoms with Gasteiger partial charge in [0, 0.05) is 27.0 Å². The van der Waals surface area contributed by atoms with Gasteiger partial charge in [-0.2, -0.15) is 0 Å². The minimum Gasteiger partial charge on any atom is -0.508 e. The van der Waals surface area contributed by atoms with E-state index in [1.807, 2.05) is 12.1 Å². The minimum atomic E-state index is 0.253. The van der Waals surface area contributed by atoms with E-state index >= 15 is 0 Å². The maximum absolute atomic E-state index is 10.1. The van der Waals surface area contributed by atoms with Gasteiger partial charge in [0.05, 0.1) is 6.61 Å². The second-order valence-electron chi connectivity index (χ2n) is 9.96. The number of phenolic OH excluding ortho intramolecular Hbond substituents is 1. The number of aromatic nitrogens is 1. The van der Waals surface area contributed by atoms with E-state index in [0.717, 1.165) is 35.9 Å². The van der Waals surface area contributed by atoms with Crippen LogP contribution in [0.25, 0.3) is 10.9 Å². The lowest BCUT2D eigenvalue weighted by Crippen LogP contribution is -2.20. The van der Waals surface area contributed by atoms with E-state index in [1.54, 1.807) is 0 Å². The highest BCUT2D eigenvalue weighted by molar-refractivity contribution is 9.10. The van der Waals surface area contributed by atoms with E-state index in [9.17, 15) is 5.11 Å². The molecule has 0 bridgehead atoms. The SMILES string of the molecule is Oc1ccc2c(c1)CC[C@H](c1ccccc1)[C@@H]2c1ccc(OCCCc2cc3cc(Br)ccc3[nH]2)cc1. The molecule has 0 aliphatic heterocycles. The van der Waals surface area contributed by atoms with E-state index in [-0.39, 0.29) is 5.92 Å². The monoisotopic (exact) mass is 551 g/mol. The predicted molar refractivity (Wildman–Crippen MR) is 154 cm³/mol. The quantitative estimate of drug-likeness (QED) is 0.199. The number of aryl methyl sites for hydroxylation is 2. The molecule has 0 amide bonds. The fourth-order valence-corrected chi connectivity index (χ4v) is 6.18. The van der Waals surface area contributed by atoms with E-state index in [1.165, 1.54) is 38.9 Å². The first kappa shape index (κ1) is 23.9. The Morgan fingerprint density at radius 1 is 0.865 bits per heavy atom. The average molecular weight is 553 g/mol. The maximum atomic E-state index is 10.1. The number of halogens is 1. The Kier molecular flexibility index (Phi) is 6.75. The van der Waals surface area contributed by atoms with Gasteiger partial charge in [0.1, 0.15) is 11.5 Å². The van der Waals surface area contributed by atoms with E-state index < -0.39 is 0 Å². The lowest BCUT2D eigenvalue weighted by molar-refractivity contribution is 0.310. The molecular formula is C33H30BrNO2. The first-order valence-corrected chi connectivity index (χ1v) is 13.8. The van der Waals surface area contributed by atoms with Gasteiger partial charge >= 0.3 is 0 Å². The van der Waals surface area contributed by atoms with Gasteiger partial charge in [0.25, 0.3) is 0 Å². The van der Waals surface area contributed by atoms with Crippen LogP contribution in [0.2, 0.25) is 0 Å². The molecule has 1 aliphatic carbocycles. The van der Waals surface area contributed by atoms with Gasteiger partial charge < -0.3 is 14.8 Å². The van der Waals surface area contributed by atoms with E-state index in [4.69, 9.17) is 4.74 Å². The first-order valence-electron chi connectivity index (χ1n) is 13.0. The summed E-state index contributed by atoms with van der Waals surface area (Å²) in [4.78, 5) is 3.50. The zero-order valence-electron chi connectivity index (χ0n) is 20.7. The number of aromatic hydroxyl groups is 1. The van der Waals surface area contributed by atoms with Crippen molar-refractivity contribution in [3.8, 4) is 11.5 Å². The highest BCUT2D eigenvalue weighted by Crippen LogP contribution is 2.47. The molecular weight excluding hydrogens is 522 g/mol. The molecule has 37 heavy (non-hydrogen) atoms. The van der Waals surface area contributed by atoms with Crippen LogP contribution in [0.5, 0.6) is 11.5 Å². The van der Waals surface area contributed by atoms with Crippen molar-refractivity contribution in [2.75, 3.05) is 6.61 Å². The number of hydrogen-bond donors (Lipinski definition) is 2. The van der Waals surface area contributed by atoms with E-state index in [2.05, 4.69) is 106 Å². The molecule has 0 unspecified atom stereocenters. The molecule has 2 N–H and O–H groups in total. The summed E-state index contributed by atoms with van der Waals surface area (Å²) < 4.78 is 7.20. The Labute approximate surface area is 226 Å². The lowest BCUT2D eigenvalue weighted by Gasteiger charge is -2.34. The summed E-state index contributed by atoms with van der Waals surface area (Å²) in [5.74, 6) is 1.91. The summed E-state index contributed by atoms with van der Waals surface area (Å²) in [6, 6.07) is 33.9. The van der Waals surface area contributed by atoms with Crippen molar-refractivity contribution >= 4 is 26.8 Å². The van der Waals surface area contributed by atoms with Gasteiger partial charge in [-0.3, -0.25) is 0 Å². The number of fused-ring (bicyclic) bond motifs is 2. The van der Waals surface area contributed by atoms with Crippen molar-refractivity contribution in [2.45, 2.75) is 37.5 Å². The summed E-state index contributed by atoms with van der Waals surface area (Å²) in [5, 5.41) is 11.3.